The van der Waals surface area contributed by atoms with Crippen molar-refractivity contribution in [1.29, 1.82) is 0 Å². The zero-order chi connectivity index (χ0) is 49.6. The van der Waals surface area contributed by atoms with Crippen LogP contribution in [0.4, 0.5) is 9.59 Å². The molecule has 0 unspecified atom stereocenters. The average Bonchev–Trinajstić information content (AvgIpc) is 3.26. The first kappa shape index (κ1) is 53.8. The quantitative estimate of drug-likeness (QED) is 0.0865. The molecule has 2 heterocycles. The molecule has 4 atom stereocenters. The third kappa shape index (κ3) is 16.2. The first-order valence-corrected chi connectivity index (χ1v) is 25.1. The zero-order valence-electron chi connectivity index (χ0n) is 42.1. The van der Waals surface area contributed by atoms with E-state index < -0.39 is 65.2 Å². The molecular formula is C53H81N7O8. The molecule has 0 aromatic heterocycles. The second-order valence-corrected chi connectivity index (χ2v) is 21.9. The number of nitrogens with zero attached hydrogens (tertiary/aromatic N) is 3. The molecule has 3 aliphatic rings. The Morgan fingerprint density at radius 3 is 1.81 bits per heavy atom. The Labute approximate surface area is 405 Å². The van der Waals surface area contributed by atoms with Crippen molar-refractivity contribution in [2.75, 3.05) is 32.7 Å². The predicted octanol–water partition coefficient (Wildman–Crippen LogP) is 7.07. The number of unbranched alkanes of at least 4 members (excludes halogenated alkanes) is 1. The van der Waals surface area contributed by atoms with Crippen molar-refractivity contribution in [1.82, 2.24) is 36.0 Å². The Balaban J connectivity index is 1.32. The number of hydrogen-bond donors (Lipinski definition) is 5. The molecule has 0 radical (unpaired) electrons. The van der Waals surface area contributed by atoms with Gasteiger partial charge in [-0.05, 0) is 141 Å². The maximum atomic E-state index is 14.6. The lowest BCUT2D eigenvalue weighted by Crippen LogP contribution is -2.62. The topological polar surface area (TPSA) is 190 Å². The van der Waals surface area contributed by atoms with Gasteiger partial charge in [0.05, 0.1) is 0 Å². The minimum atomic E-state index is -1.27. The van der Waals surface area contributed by atoms with Gasteiger partial charge in [-0.15, -0.1) is 0 Å². The van der Waals surface area contributed by atoms with Gasteiger partial charge in [0, 0.05) is 44.1 Å². The molecule has 0 bridgehead atoms. The number of carbonyl (C=O) groups excluding carboxylic acids is 5. The van der Waals surface area contributed by atoms with Gasteiger partial charge in [-0.25, -0.2) is 9.59 Å². The summed E-state index contributed by atoms with van der Waals surface area (Å²) in [5, 5.41) is 22.1. The van der Waals surface area contributed by atoms with E-state index >= 15 is 0 Å². The number of benzene rings is 2. The van der Waals surface area contributed by atoms with Gasteiger partial charge in [0.15, 0.2) is 0 Å². The van der Waals surface area contributed by atoms with E-state index in [-0.39, 0.29) is 36.5 Å². The molecule has 2 saturated heterocycles. The minimum absolute atomic E-state index is 0.0398. The summed E-state index contributed by atoms with van der Waals surface area (Å²) in [7, 11) is 0. The fourth-order valence-electron chi connectivity index (χ4n) is 10.1. The van der Waals surface area contributed by atoms with Crippen LogP contribution in [0.3, 0.4) is 0 Å². The van der Waals surface area contributed by atoms with Gasteiger partial charge in [-0.3, -0.25) is 24.1 Å². The highest BCUT2D eigenvalue weighted by Crippen LogP contribution is 2.51. The summed E-state index contributed by atoms with van der Waals surface area (Å²) in [6.45, 7) is 18.4. The maximum absolute atomic E-state index is 14.6. The number of carbonyl (C=O) groups is 6. The third-order valence-electron chi connectivity index (χ3n) is 13.7. The van der Waals surface area contributed by atoms with Crippen LogP contribution in [0.15, 0.2) is 60.7 Å². The molecule has 376 valence electrons. The molecule has 1 spiro atoms. The lowest BCUT2D eigenvalue weighted by molar-refractivity contribution is -0.141. The van der Waals surface area contributed by atoms with Crippen molar-refractivity contribution in [3.63, 3.8) is 0 Å². The van der Waals surface area contributed by atoms with E-state index in [4.69, 9.17) is 4.74 Å². The van der Waals surface area contributed by atoms with Gasteiger partial charge >= 0.3 is 12.2 Å². The zero-order valence-corrected chi connectivity index (χ0v) is 42.1. The highest BCUT2D eigenvalue weighted by atomic mass is 16.6. The van der Waals surface area contributed by atoms with Crippen LogP contribution < -0.4 is 21.3 Å². The summed E-state index contributed by atoms with van der Waals surface area (Å²) in [5.41, 5.74) is 0.149. The summed E-state index contributed by atoms with van der Waals surface area (Å²) in [6.07, 6.45) is 8.04. The standard InChI is InChI=1S/C53H81N7O8/c1-37(2)32-42(56-46(62)43(33-38-20-12-9-13-21-38)57-47(63)44(34-39-22-14-10-15-23-39)60(50(66)67)51(3,4)5)45(61)55-41(24-16-17-27-54-49(65)68-52(6,7)8)48(64)59-30-25-53(26-31-59)35-40(36-53)58-28-18-11-19-29-58/h9-10,12-15,20-23,37,40-44H,11,16-19,24-36H2,1-8H3,(H,54,65)(H,55,61)(H,56,62)(H,57,63)(H,66,67)/t41-,42-,43-,44-/m1/s1. The van der Waals surface area contributed by atoms with Crippen LogP contribution in [0.5, 0.6) is 0 Å². The molecule has 5 rings (SSSR count). The van der Waals surface area contributed by atoms with Gasteiger partial charge in [0.1, 0.15) is 29.8 Å². The van der Waals surface area contributed by atoms with Crippen molar-refractivity contribution in [2.24, 2.45) is 11.3 Å². The van der Waals surface area contributed by atoms with Gasteiger partial charge in [0.2, 0.25) is 23.6 Å². The molecule has 68 heavy (non-hydrogen) atoms. The first-order valence-electron chi connectivity index (χ1n) is 25.1. The molecule has 1 aliphatic carbocycles. The largest absolute Gasteiger partial charge is 0.465 e. The molecule has 2 aromatic carbocycles. The van der Waals surface area contributed by atoms with E-state index in [2.05, 4.69) is 26.2 Å². The van der Waals surface area contributed by atoms with E-state index in [1.807, 2.05) is 79.4 Å². The van der Waals surface area contributed by atoms with E-state index in [9.17, 15) is 33.9 Å². The Kier molecular flexibility index (Phi) is 19.3. The number of likely N-dealkylation sites (tertiary alicyclic amines) is 2. The summed E-state index contributed by atoms with van der Waals surface area (Å²) in [6, 6.07) is 14.7. The fraction of sp³-hybridized carbons (Fsp3) is 0.660. The van der Waals surface area contributed by atoms with Crippen molar-refractivity contribution in [2.45, 2.75) is 180 Å². The van der Waals surface area contributed by atoms with Crippen molar-refractivity contribution < 1.29 is 38.6 Å². The smallest absolute Gasteiger partial charge is 0.408 e. The number of hydrogen-bond acceptors (Lipinski definition) is 8. The minimum Gasteiger partial charge on any atom is -0.465 e. The monoisotopic (exact) mass is 944 g/mol. The molecule has 15 heteroatoms. The maximum Gasteiger partial charge on any atom is 0.408 e. The Morgan fingerprint density at radius 1 is 0.721 bits per heavy atom. The molecule has 6 amide bonds. The van der Waals surface area contributed by atoms with E-state index in [1.54, 1.807) is 41.5 Å². The van der Waals surface area contributed by atoms with Crippen LogP contribution in [0, 0.1) is 11.3 Å². The van der Waals surface area contributed by atoms with Gasteiger partial charge < -0.3 is 40.9 Å². The molecule has 15 nitrogen and oxygen atoms in total. The van der Waals surface area contributed by atoms with Gasteiger partial charge in [-0.1, -0.05) is 80.9 Å². The highest BCUT2D eigenvalue weighted by Gasteiger charge is 2.49. The Hall–Kier alpha value is -5.18. The summed E-state index contributed by atoms with van der Waals surface area (Å²) in [5.74, 6) is -1.96. The lowest BCUT2D eigenvalue weighted by Gasteiger charge is -2.56. The second-order valence-electron chi connectivity index (χ2n) is 21.9. The summed E-state index contributed by atoms with van der Waals surface area (Å²) in [4.78, 5) is 88.8. The number of rotatable bonds is 20. The number of piperidine rings is 2. The van der Waals surface area contributed by atoms with Gasteiger partial charge in [0.25, 0.3) is 0 Å². The van der Waals surface area contributed by atoms with Crippen molar-refractivity contribution >= 4 is 35.8 Å². The van der Waals surface area contributed by atoms with E-state index in [0.29, 0.717) is 44.9 Å². The second kappa shape index (κ2) is 24.4. The van der Waals surface area contributed by atoms with Crippen molar-refractivity contribution in [3.05, 3.63) is 71.8 Å². The number of amides is 6. The Morgan fingerprint density at radius 2 is 1.26 bits per heavy atom. The van der Waals surface area contributed by atoms with Crippen LogP contribution >= 0.6 is 0 Å². The van der Waals surface area contributed by atoms with Crippen LogP contribution in [0.1, 0.15) is 137 Å². The molecule has 3 fully saturated rings. The van der Waals surface area contributed by atoms with Gasteiger partial charge in [-0.2, -0.15) is 0 Å². The summed E-state index contributed by atoms with van der Waals surface area (Å²) < 4.78 is 5.38. The number of alkyl carbamates (subject to hydrolysis) is 1. The molecule has 1 saturated carbocycles. The SMILES string of the molecule is CC(C)C[C@@H](NC(=O)[C@@H](Cc1ccccc1)NC(=O)[C@@H](Cc1ccccc1)N(C(=O)O)C(C)(C)C)C(=O)N[C@H](CCCCNC(=O)OC(C)(C)C)C(=O)N1CCC2(CC1)CC(N1CCCCC1)C2. The Bertz CT molecular complexity index is 1960. The highest BCUT2D eigenvalue weighted by molar-refractivity contribution is 5.95. The van der Waals surface area contributed by atoms with E-state index in [1.165, 1.54) is 45.2 Å². The number of carboxylic acid groups (broad SMARTS) is 1. The normalized spacial score (nSPS) is 18.3. The van der Waals surface area contributed by atoms with Crippen LogP contribution in [0.2, 0.25) is 0 Å². The summed E-state index contributed by atoms with van der Waals surface area (Å²) >= 11 is 0. The predicted molar refractivity (Wildman–Crippen MR) is 264 cm³/mol. The number of nitrogens with one attached hydrogen (secondary N) is 4. The van der Waals surface area contributed by atoms with Crippen LogP contribution in [-0.4, -0.2) is 130 Å². The third-order valence-corrected chi connectivity index (χ3v) is 13.7. The number of ether oxygens (including phenoxy) is 1. The average molecular weight is 944 g/mol. The first-order chi connectivity index (χ1) is 32.1. The van der Waals surface area contributed by atoms with Crippen molar-refractivity contribution in [3.8, 4) is 0 Å². The van der Waals surface area contributed by atoms with Crippen LogP contribution in [-0.2, 0) is 36.8 Å². The lowest BCUT2D eigenvalue weighted by atomic mass is 9.60. The van der Waals surface area contributed by atoms with Crippen LogP contribution in [0.25, 0.3) is 0 Å². The molecule has 2 aromatic rings. The fourth-order valence-corrected chi connectivity index (χ4v) is 10.1. The molecular weight excluding hydrogens is 863 g/mol. The molecule has 5 N–H and O–H groups in total. The molecule has 2 aliphatic heterocycles. The van der Waals surface area contributed by atoms with E-state index in [0.717, 1.165) is 28.9 Å².